The maximum Gasteiger partial charge on any atom is 0.291 e. The van der Waals surface area contributed by atoms with E-state index in [1.165, 1.54) is 6.42 Å². The van der Waals surface area contributed by atoms with Crippen molar-refractivity contribution in [2.75, 3.05) is 13.1 Å². The van der Waals surface area contributed by atoms with Gasteiger partial charge in [-0.3, -0.25) is 4.79 Å². The number of nitrogens with one attached hydrogen (secondary N) is 1. The van der Waals surface area contributed by atoms with Crippen LogP contribution < -0.4 is 5.32 Å². The van der Waals surface area contributed by atoms with Crippen LogP contribution in [0.2, 0.25) is 0 Å². The molecular weight excluding hydrogens is 290 g/mol. The average molecular weight is 311 g/mol. The maximum absolute atomic E-state index is 12.9. The number of fused-ring (bicyclic) bond motifs is 2. The van der Waals surface area contributed by atoms with Crippen molar-refractivity contribution in [3.05, 3.63) is 41.8 Å². The molecule has 1 aromatic heterocycles. The Morgan fingerprint density at radius 2 is 2.00 bits per heavy atom. The van der Waals surface area contributed by atoms with E-state index in [2.05, 4.69) is 10.3 Å². The Labute approximate surface area is 135 Å². The Morgan fingerprint density at radius 3 is 2.83 bits per heavy atom. The molecule has 1 aromatic carbocycles. The Bertz CT molecular complexity index is 710. The fourth-order valence-electron chi connectivity index (χ4n) is 3.57. The molecule has 3 heterocycles. The highest BCUT2D eigenvalue weighted by Crippen LogP contribution is 2.25. The second-order valence-electron chi connectivity index (χ2n) is 6.48. The zero-order chi connectivity index (χ0) is 15.8. The monoisotopic (exact) mass is 311 g/mol. The second kappa shape index (κ2) is 5.81. The molecule has 2 aliphatic heterocycles. The van der Waals surface area contributed by atoms with Crippen LogP contribution in [0.15, 0.2) is 34.7 Å². The molecule has 2 aliphatic rings. The van der Waals surface area contributed by atoms with Crippen molar-refractivity contribution >= 4 is 5.91 Å². The molecule has 0 saturated carbocycles. The van der Waals surface area contributed by atoms with Gasteiger partial charge in [0.2, 0.25) is 11.7 Å². The molecule has 1 N–H and O–H groups in total. The number of aryl methyl sites for hydroxylation is 1. The van der Waals surface area contributed by atoms with E-state index >= 15 is 0 Å². The number of rotatable bonds is 2. The number of amides is 1. The van der Waals surface area contributed by atoms with Gasteiger partial charge in [-0.2, -0.15) is 0 Å². The number of likely N-dealkylation sites (tertiary alicyclic amines) is 1. The molecule has 2 bridgehead atoms. The van der Waals surface area contributed by atoms with E-state index in [0.29, 0.717) is 29.4 Å². The molecule has 2 aromatic rings. The molecule has 2 unspecified atom stereocenters. The summed E-state index contributed by atoms with van der Waals surface area (Å²) >= 11 is 0. The van der Waals surface area contributed by atoms with Gasteiger partial charge in [-0.1, -0.05) is 18.2 Å². The molecule has 2 saturated heterocycles. The van der Waals surface area contributed by atoms with Crippen LogP contribution in [0, 0.1) is 6.92 Å². The first kappa shape index (κ1) is 14.5. The van der Waals surface area contributed by atoms with Crippen molar-refractivity contribution in [2.45, 2.75) is 38.3 Å². The highest BCUT2D eigenvalue weighted by atomic mass is 16.4. The first-order valence-electron chi connectivity index (χ1n) is 8.29. The molecule has 2 fully saturated rings. The molecular formula is C18H21N3O2. The predicted octanol–water partition coefficient (Wildman–Crippen LogP) is 2.62. The first-order chi connectivity index (χ1) is 11.2. The number of carbonyl (C=O) groups is 1. The minimum Gasteiger partial charge on any atom is -0.431 e. The first-order valence-corrected chi connectivity index (χ1v) is 8.29. The molecule has 5 heteroatoms. The van der Waals surface area contributed by atoms with E-state index in [4.69, 9.17) is 4.42 Å². The van der Waals surface area contributed by atoms with Gasteiger partial charge in [-0.05, 0) is 38.3 Å². The molecule has 0 spiro atoms. The summed E-state index contributed by atoms with van der Waals surface area (Å²) in [6.07, 6.45) is 3.40. The third-order valence-electron chi connectivity index (χ3n) is 4.82. The minimum absolute atomic E-state index is 0.0356. The van der Waals surface area contributed by atoms with Crippen LogP contribution in [-0.2, 0) is 0 Å². The number of aromatic nitrogens is 1. The molecule has 4 rings (SSSR count). The van der Waals surface area contributed by atoms with E-state index in [1.54, 1.807) is 0 Å². The number of nitrogens with zero attached hydrogens (tertiary/aromatic N) is 2. The Kier molecular flexibility index (Phi) is 3.65. The summed E-state index contributed by atoms with van der Waals surface area (Å²) in [5.74, 6) is 0.856. The molecule has 23 heavy (non-hydrogen) atoms. The van der Waals surface area contributed by atoms with Gasteiger partial charge in [0.05, 0.1) is 5.69 Å². The molecule has 1 amide bonds. The summed E-state index contributed by atoms with van der Waals surface area (Å²) in [5.41, 5.74) is 1.56. The number of benzene rings is 1. The molecule has 5 nitrogen and oxygen atoms in total. The van der Waals surface area contributed by atoms with Crippen LogP contribution in [-0.4, -0.2) is 41.0 Å². The molecule has 0 radical (unpaired) electrons. The third kappa shape index (κ3) is 2.77. The number of oxazole rings is 1. The Hall–Kier alpha value is -2.14. The highest BCUT2D eigenvalue weighted by Gasteiger charge is 2.33. The lowest BCUT2D eigenvalue weighted by Crippen LogP contribution is -2.39. The van der Waals surface area contributed by atoms with Crippen LogP contribution in [0.3, 0.4) is 0 Å². The number of hydrogen-bond donors (Lipinski definition) is 1. The predicted molar refractivity (Wildman–Crippen MR) is 87.1 cm³/mol. The van der Waals surface area contributed by atoms with Gasteiger partial charge in [0, 0.05) is 30.7 Å². The Morgan fingerprint density at radius 1 is 1.22 bits per heavy atom. The van der Waals surface area contributed by atoms with Crippen molar-refractivity contribution in [1.29, 1.82) is 0 Å². The van der Waals surface area contributed by atoms with Gasteiger partial charge < -0.3 is 14.6 Å². The second-order valence-corrected chi connectivity index (χ2v) is 6.48. The van der Waals surface area contributed by atoms with Gasteiger partial charge in [-0.15, -0.1) is 0 Å². The SMILES string of the molecule is Cc1nc(-c2ccccc2)oc1C(=O)N1CCC2CCC(C1)N2. The molecule has 2 atom stereocenters. The maximum atomic E-state index is 12.9. The smallest absolute Gasteiger partial charge is 0.291 e. The normalized spacial score (nSPS) is 23.8. The van der Waals surface area contributed by atoms with Crippen LogP contribution in [0.5, 0.6) is 0 Å². The van der Waals surface area contributed by atoms with Crippen LogP contribution in [0.4, 0.5) is 0 Å². The van der Waals surface area contributed by atoms with Crippen LogP contribution >= 0.6 is 0 Å². The van der Waals surface area contributed by atoms with Crippen LogP contribution in [0.1, 0.15) is 35.5 Å². The summed E-state index contributed by atoms with van der Waals surface area (Å²) < 4.78 is 5.81. The van der Waals surface area contributed by atoms with Crippen molar-refractivity contribution in [1.82, 2.24) is 15.2 Å². The average Bonchev–Trinajstić information content (AvgIpc) is 3.10. The summed E-state index contributed by atoms with van der Waals surface area (Å²) in [6.45, 7) is 3.38. The zero-order valence-corrected chi connectivity index (χ0v) is 13.3. The summed E-state index contributed by atoms with van der Waals surface area (Å²) in [5, 5.41) is 3.59. The van der Waals surface area contributed by atoms with Crippen molar-refractivity contribution in [3.8, 4) is 11.5 Å². The van der Waals surface area contributed by atoms with Gasteiger partial charge in [0.25, 0.3) is 5.91 Å². The van der Waals surface area contributed by atoms with E-state index in [9.17, 15) is 4.79 Å². The largest absolute Gasteiger partial charge is 0.431 e. The summed E-state index contributed by atoms with van der Waals surface area (Å²) in [6, 6.07) is 10.7. The van der Waals surface area contributed by atoms with Gasteiger partial charge in [0.1, 0.15) is 0 Å². The lowest BCUT2D eigenvalue weighted by molar-refractivity contribution is 0.0716. The fourth-order valence-corrected chi connectivity index (χ4v) is 3.57. The van der Waals surface area contributed by atoms with Gasteiger partial charge in [-0.25, -0.2) is 4.98 Å². The van der Waals surface area contributed by atoms with E-state index in [1.807, 2.05) is 42.2 Å². The van der Waals surface area contributed by atoms with Gasteiger partial charge >= 0.3 is 0 Å². The third-order valence-corrected chi connectivity index (χ3v) is 4.82. The lowest BCUT2D eigenvalue weighted by atomic mass is 10.1. The van der Waals surface area contributed by atoms with E-state index in [-0.39, 0.29) is 5.91 Å². The highest BCUT2D eigenvalue weighted by molar-refractivity contribution is 5.93. The fraction of sp³-hybridized carbons (Fsp3) is 0.444. The van der Waals surface area contributed by atoms with Crippen molar-refractivity contribution in [3.63, 3.8) is 0 Å². The van der Waals surface area contributed by atoms with Gasteiger partial charge in [0.15, 0.2) is 0 Å². The van der Waals surface area contributed by atoms with Crippen molar-refractivity contribution in [2.24, 2.45) is 0 Å². The minimum atomic E-state index is -0.0356. The topological polar surface area (TPSA) is 58.4 Å². The molecule has 120 valence electrons. The zero-order valence-electron chi connectivity index (χ0n) is 13.3. The standard InChI is InChI=1S/C18H21N3O2/c1-12-16(23-17(19-12)13-5-3-2-4-6-13)18(22)21-10-9-14-7-8-15(11-21)20-14/h2-6,14-15,20H,7-11H2,1H3. The number of hydrogen-bond acceptors (Lipinski definition) is 4. The van der Waals surface area contributed by atoms with Crippen LogP contribution in [0.25, 0.3) is 11.5 Å². The Balaban J connectivity index is 1.58. The summed E-state index contributed by atoms with van der Waals surface area (Å²) in [7, 11) is 0. The summed E-state index contributed by atoms with van der Waals surface area (Å²) in [4.78, 5) is 19.2. The van der Waals surface area contributed by atoms with E-state index < -0.39 is 0 Å². The lowest BCUT2D eigenvalue weighted by Gasteiger charge is -2.23. The quantitative estimate of drug-likeness (QED) is 0.926. The molecule has 0 aliphatic carbocycles. The van der Waals surface area contributed by atoms with E-state index in [0.717, 1.165) is 31.5 Å². The number of carbonyl (C=O) groups excluding carboxylic acids is 1. The van der Waals surface area contributed by atoms with Crippen molar-refractivity contribution < 1.29 is 9.21 Å².